The Morgan fingerprint density at radius 2 is 1.79 bits per heavy atom. The quantitative estimate of drug-likeness (QED) is 0.590. The smallest absolute Gasteiger partial charge is 0.242 e. The third-order valence-electron chi connectivity index (χ3n) is 3.70. The Morgan fingerprint density at radius 1 is 1.11 bits per heavy atom. The van der Waals surface area contributed by atoms with Crippen LogP contribution < -0.4 is 10.0 Å². The van der Waals surface area contributed by atoms with Crippen molar-refractivity contribution < 1.29 is 13.2 Å². The molecule has 0 bridgehead atoms. The number of rotatable bonds is 7. The Kier molecular flexibility index (Phi) is 6.50. The molecule has 0 saturated carbocycles. The van der Waals surface area contributed by atoms with Crippen molar-refractivity contribution in [3.8, 4) is 0 Å². The second kappa shape index (κ2) is 8.87. The van der Waals surface area contributed by atoms with E-state index >= 15 is 0 Å². The molecule has 6 nitrogen and oxygen atoms in total. The molecule has 0 fully saturated rings. The van der Waals surface area contributed by atoms with Gasteiger partial charge in [0.2, 0.25) is 15.9 Å². The van der Waals surface area contributed by atoms with Crippen molar-refractivity contribution >= 4 is 44.7 Å². The Labute approximate surface area is 172 Å². The van der Waals surface area contributed by atoms with Gasteiger partial charge in [0, 0.05) is 21.7 Å². The molecule has 1 atom stereocenters. The van der Waals surface area contributed by atoms with Crippen LogP contribution in [-0.2, 0) is 14.8 Å². The molecule has 1 aromatic heterocycles. The predicted molar refractivity (Wildman–Crippen MR) is 112 cm³/mol. The Balaban J connectivity index is 1.59. The average molecular weight is 434 g/mol. The molecule has 28 heavy (non-hydrogen) atoms. The predicted octanol–water partition coefficient (Wildman–Crippen LogP) is 3.91. The number of nitrogens with one attached hydrogen (secondary N) is 2. The number of aryl methyl sites for hydroxylation is 1. The zero-order chi connectivity index (χ0) is 20.1. The van der Waals surface area contributed by atoms with Crippen molar-refractivity contribution in [3.63, 3.8) is 0 Å². The summed E-state index contributed by atoms with van der Waals surface area (Å²) in [6.45, 7) is 3.46. The number of aromatic nitrogens is 1. The highest BCUT2D eigenvalue weighted by molar-refractivity contribution is 8.01. The number of carbonyl (C=O) groups is 1. The monoisotopic (exact) mass is 433 g/mol. The summed E-state index contributed by atoms with van der Waals surface area (Å²) in [5, 5.41) is 4.72. The second-order valence-electron chi connectivity index (χ2n) is 6.03. The van der Waals surface area contributed by atoms with Crippen molar-refractivity contribution in [1.82, 2.24) is 9.71 Å². The summed E-state index contributed by atoms with van der Waals surface area (Å²) < 4.78 is 28.0. The number of carbonyl (C=O) groups excluding carboxylic acids is 1. The molecule has 1 heterocycles. The SMILES string of the molecule is Cc1csc(Sc2ccc(NC(=O)[C@H](C)NS(=O)(=O)c3ccccc3)cc2)n1. The Hall–Kier alpha value is -2.20. The number of benzene rings is 2. The summed E-state index contributed by atoms with van der Waals surface area (Å²) >= 11 is 3.13. The number of hydrogen-bond acceptors (Lipinski definition) is 6. The summed E-state index contributed by atoms with van der Waals surface area (Å²) in [6.07, 6.45) is 0. The van der Waals surface area contributed by atoms with Gasteiger partial charge in [0.1, 0.15) is 0 Å². The van der Waals surface area contributed by atoms with Crippen LogP contribution in [0.25, 0.3) is 0 Å². The van der Waals surface area contributed by atoms with E-state index in [-0.39, 0.29) is 4.90 Å². The van der Waals surface area contributed by atoms with Gasteiger partial charge in [-0.25, -0.2) is 13.4 Å². The van der Waals surface area contributed by atoms with E-state index in [1.165, 1.54) is 19.1 Å². The van der Waals surface area contributed by atoms with Gasteiger partial charge in [-0.1, -0.05) is 30.0 Å². The average Bonchev–Trinajstić information content (AvgIpc) is 3.08. The van der Waals surface area contributed by atoms with Gasteiger partial charge < -0.3 is 5.32 Å². The van der Waals surface area contributed by atoms with Crippen molar-refractivity contribution in [2.45, 2.75) is 34.0 Å². The molecule has 0 aliphatic heterocycles. The normalized spacial score (nSPS) is 12.5. The number of thiazole rings is 1. The molecule has 0 unspecified atom stereocenters. The van der Waals surface area contributed by atoms with Crippen molar-refractivity contribution in [1.29, 1.82) is 0 Å². The van der Waals surface area contributed by atoms with Crippen molar-refractivity contribution in [3.05, 3.63) is 65.7 Å². The number of hydrogen-bond donors (Lipinski definition) is 2. The third-order valence-corrected chi connectivity index (χ3v) is 7.32. The topological polar surface area (TPSA) is 88.2 Å². The fourth-order valence-electron chi connectivity index (χ4n) is 2.29. The summed E-state index contributed by atoms with van der Waals surface area (Å²) in [4.78, 5) is 17.9. The van der Waals surface area contributed by atoms with Crippen LogP contribution in [0.5, 0.6) is 0 Å². The summed E-state index contributed by atoms with van der Waals surface area (Å²) in [5.41, 5.74) is 1.58. The summed E-state index contributed by atoms with van der Waals surface area (Å²) in [6, 6.07) is 14.4. The van der Waals surface area contributed by atoms with E-state index < -0.39 is 22.0 Å². The lowest BCUT2D eigenvalue weighted by molar-refractivity contribution is -0.117. The maximum Gasteiger partial charge on any atom is 0.242 e. The van der Waals surface area contributed by atoms with Gasteiger partial charge >= 0.3 is 0 Å². The molecule has 0 radical (unpaired) electrons. The van der Waals surface area contributed by atoms with Gasteiger partial charge in [-0.3, -0.25) is 4.79 Å². The largest absolute Gasteiger partial charge is 0.325 e. The first-order valence-corrected chi connectivity index (χ1v) is 11.6. The van der Waals surface area contributed by atoms with Crippen LogP contribution in [0.15, 0.2) is 74.1 Å². The first-order valence-electron chi connectivity index (χ1n) is 8.42. The molecule has 0 saturated heterocycles. The van der Waals surface area contributed by atoms with E-state index in [0.717, 1.165) is 14.9 Å². The van der Waals surface area contributed by atoms with Crippen LogP contribution in [-0.4, -0.2) is 25.4 Å². The van der Waals surface area contributed by atoms with Crippen LogP contribution in [0.3, 0.4) is 0 Å². The van der Waals surface area contributed by atoms with Gasteiger partial charge in [-0.05, 0) is 50.2 Å². The summed E-state index contributed by atoms with van der Waals surface area (Å²) in [7, 11) is -3.76. The minimum Gasteiger partial charge on any atom is -0.325 e. The highest BCUT2D eigenvalue weighted by Crippen LogP contribution is 2.30. The zero-order valence-electron chi connectivity index (χ0n) is 15.2. The zero-order valence-corrected chi connectivity index (χ0v) is 17.7. The van der Waals surface area contributed by atoms with Crippen LogP contribution in [0.2, 0.25) is 0 Å². The van der Waals surface area contributed by atoms with Gasteiger partial charge in [0.25, 0.3) is 0 Å². The molecule has 1 amide bonds. The van der Waals surface area contributed by atoms with Gasteiger partial charge in [0.05, 0.1) is 10.9 Å². The second-order valence-corrected chi connectivity index (χ2v) is 9.92. The standard InChI is InChI=1S/C19H19N3O3S3/c1-13-12-26-19(20-13)27-16-10-8-15(9-11-16)21-18(23)14(2)22-28(24,25)17-6-4-3-5-7-17/h3-12,14,22H,1-2H3,(H,21,23)/t14-/m0/s1. The molecule has 2 N–H and O–H groups in total. The Bertz CT molecular complexity index is 1050. The van der Waals surface area contributed by atoms with E-state index in [2.05, 4.69) is 15.0 Å². The maximum atomic E-state index is 12.3. The molecule has 3 aromatic rings. The highest BCUT2D eigenvalue weighted by atomic mass is 32.2. The molecule has 0 aliphatic rings. The molecule has 0 spiro atoms. The number of nitrogens with zero attached hydrogens (tertiary/aromatic N) is 1. The van der Waals surface area contributed by atoms with Crippen LogP contribution in [0.1, 0.15) is 12.6 Å². The molecular formula is C19H19N3O3S3. The van der Waals surface area contributed by atoms with E-state index in [1.807, 2.05) is 24.4 Å². The number of anilines is 1. The lowest BCUT2D eigenvalue weighted by Crippen LogP contribution is -2.41. The molecule has 0 aliphatic carbocycles. The molecule has 2 aromatic carbocycles. The van der Waals surface area contributed by atoms with E-state index in [1.54, 1.807) is 53.4 Å². The van der Waals surface area contributed by atoms with E-state index in [9.17, 15) is 13.2 Å². The minimum atomic E-state index is -3.76. The van der Waals surface area contributed by atoms with Gasteiger partial charge in [-0.15, -0.1) is 11.3 Å². The van der Waals surface area contributed by atoms with Gasteiger partial charge in [-0.2, -0.15) is 4.72 Å². The first kappa shape index (κ1) is 20.5. The minimum absolute atomic E-state index is 0.119. The van der Waals surface area contributed by atoms with E-state index in [0.29, 0.717) is 5.69 Å². The van der Waals surface area contributed by atoms with Crippen LogP contribution in [0, 0.1) is 6.92 Å². The lowest BCUT2D eigenvalue weighted by Gasteiger charge is -2.14. The number of amides is 1. The maximum absolute atomic E-state index is 12.3. The first-order chi connectivity index (χ1) is 13.3. The fourth-order valence-corrected chi connectivity index (χ4v) is 5.32. The van der Waals surface area contributed by atoms with Crippen molar-refractivity contribution in [2.24, 2.45) is 0 Å². The van der Waals surface area contributed by atoms with Gasteiger partial charge in [0.15, 0.2) is 4.34 Å². The molecule has 9 heteroatoms. The van der Waals surface area contributed by atoms with Crippen molar-refractivity contribution in [2.75, 3.05) is 5.32 Å². The fraction of sp³-hybridized carbons (Fsp3) is 0.158. The molecule has 146 valence electrons. The molecule has 3 rings (SSSR count). The van der Waals surface area contributed by atoms with Crippen LogP contribution >= 0.6 is 23.1 Å². The third kappa shape index (κ3) is 5.41. The highest BCUT2D eigenvalue weighted by Gasteiger charge is 2.21. The lowest BCUT2D eigenvalue weighted by atomic mass is 10.3. The molecular weight excluding hydrogens is 414 g/mol. The Morgan fingerprint density at radius 3 is 2.39 bits per heavy atom. The van der Waals surface area contributed by atoms with E-state index in [4.69, 9.17) is 0 Å². The van der Waals surface area contributed by atoms with Crippen LogP contribution in [0.4, 0.5) is 5.69 Å². The number of sulfonamides is 1. The summed E-state index contributed by atoms with van der Waals surface area (Å²) in [5.74, 6) is -0.435.